The van der Waals surface area contributed by atoms with Gasteiger partial charge in [0.2, 0.25) is 0 Å². The van der Waals surface area contributed by atoms with Gasteiger partial charge in [-0.25, -0.2) is 0 Å². The van der Waals surface area contributed by atoms with Crippen molar-refractivity contribution in [2.45, 2.75) is 13.5 Å². The molecule has 0 aliphatic heterocycles. The summed E-state index contributed by atoms with van der Waals surface area (Å²) in [4.78, 5) is 12.6. The van der Waals surface area contributed by atoms with E-state index < -0.39 is 5.91 Å². The Morgan fingerprint density at radius 3 is 2.59 bits per heavy atom. The third kappa shape index (κ3) is 6.34. The summed E-state index contributed by atoms with van der Waals surface area (Å²) >= 11 is 5.77. The zero-order valence-corrected chi connectivity index (χ0v) is 21.2. The fraction of sp³-hybridized carbons (Fsp3) is 0.120. The minimum Gasteiger partial charge on any atom is -0.493 e. The molecule has 3 aromatic carbocycles. The quantitative estimate of drug-likeness (QED) is 0.190. The Balaban J connectivity index is 1.81. The van der Waals surface area contributed by atoms with E-state index >= 15 is 0 Å². The molecule has 32 heavy (non-hydrogen) atoms. The monoisotopic (exact) mass is 602 g/mol. The van der Waals surface area contributed by atoms with Gasteiger partial charge in [-0.3, -0.25) is 4.79 Å². The summed E-state index contributed by atoms with van der Waals surface area (Å²) in [6.07, 6.45) is 1.52. The van der Waals surface area contributed by atoms with Crippen LogP contribution in [0.5, 0.6) is 11.5 Å². The standard InChI is InChI=1S/C25H20BrIN2O3/c1-16-4-3-5-21(10-16)29-25(30)19(14-28)11-18-12-22(26)24(23(13-18)31-2)32-15-17-6-8-20(27)9-7-17/h3-13H,15H2,1-2H3,(H,29,30)/b19-11-. The number of carbonyl (C=O) groups is 1. The number of nitrogens with one attached hydrogen (secondary N) is 1. The summed E-state index contributed by atoms with van der Waals surface area (Å²) in [7, 11) is 1.54. The van der Waals surface area contributed by atoms with Crippen LogP contribution < -0.4 is 14.8 Å². The smallest absolute Gasteiger partial charge is 0.266 e. The number of benzene rings is 3. The van der Waals surface area contributed by atoms with Crippen LogP contribution >= 0.6 is 38.5 Å². The normalized spacial score (nSPS) is 10.9. The third-order valence-electron chi connectivity index (χ3n) is 4.50. The molecule has 0 fully saturated rings. The van der Waals surface area contributed by atoms with Gasteiger partial charge < -0.3 is 14.8 Å². The van der Waals surface area contributed by atoms with Crippen LogP contribution in [0.15, 0.2) is 70.7 Å². The molecule has 0 unspecified atom stereocenters. The summed E-state index contributed by atoms with van der Waals surface area (Å²) in [5.41, 5.74) is 3.29. The predicted octanol–water partition coefficient (Wildman–Crippen LogP) is 6.50. The zero-order valence-electron chi connectivity index (χ0n) is 17.5. The molecule has 3 rings (SSSR count). The molecule has 0 saturated heterocycles. The number of aryl methyl sites for hydroxylation is 1. The first-order valence-electron chi connectivity index (χ1n) is 9.64. The highest BCUT2D eigenvalue weighted by atomic mass is 127. The summed E-state index contributed by atoms with van der Waals surface area (Å²) in [5, 5.41) is 12.3. The average molecular weight is 603 g/mol. The lowest BCUT2D eigenvalue weighted by atomic mass is 10.1. The van der Waals surface area contributed by atoms with Crippen LogP contribution in [0.2, 0.25) is 0 Å². The average Bonchev–Trinajstić information content (AvgIpc) is 2.77. The number of rotatable bonds is 7. The lowest BCUT2D eigenvalue weighted by molar-refractivity contribution is -0.112. The van der Waals surface area contributed by atoms with Crippen LogP contribution in [-0.2, 0) is 11.4 Å². The molecule has 0 heterocycles. The van der Waals surface area contributed by atoms with Gasteiger partial charge in [0.15, 0.2) is 11.5 Å². The van der Waals surface area contributed by atoms with Crippen LogP contribution in [0.1, 0.15) is 16.7 Å². The maximum Gasteiger partial charge on any atom is 0.266 e. The maximum absolute atomic E-state index is 12.6. The van der Waals surface area contributed by atoms with Crippen LogP contribution in [0, 0.1) is 21.8 Å². The summed E-state index contributed by atoms with van der Waals surface area (Å²) in [6, 6.07) is 20.9. The van der Waals surface area contributed by atoms with Gasteiger partial charge in [-0.2, -0.15) is 5.26 Å². The number of ether oxygens (including phenoxy) is 2. The molecule has 162 valence electrons. The van der Waals surface area contributed by atoms with Gasteiger partial charge in [0.05, 0.1) is 11.6 Å². The van der Waals surface area contributed by atoms with Gasteiger partial charge in [0, 0.05) is 9.26 Å². The first kappa shape index (κ1) is 23.8. The van der Waals surface area contributed by atoms with Crippen LogP contribution in [-0.4, -0.2) is 13.0 Å². The Bertz CT molecular complexity index is 1200. The lowest BCUT2D eigenvalue weighted by Gasteiger charge is -2.14. The lowest BCUT2D eigenvalue weighted by Crippen LogP contribution is -2.13. The highest BCUT2D eigenvalue weighted by Gasteiger charge is 2.14. The first-order chi connectivity index (χ1) is 15.4. The molecule has 0 bridgehead atoms. The topological polar surface area (TPSA) is 71.3 Å². The second kappa shape index (κ2) is 11.2. The molecular weight excluding hydrogens is 583 g/mol. The molecular formula is C25H20BrIN2O3. The van der Waals surface area contributed by atoms with E-state index in [4.69, 9.17) is 9.47 Å². The number of methoxy groups -OCH3 is 1. The Hall–Kier alpha value is -2.83. The minimum atomic E-state index is -0.479. The number of hydrogen-bond acceptors (Lipinski definition) is 4. The van der Waals surface area contributed by atoms with Crippen LogP contribution in [0.4, 0.5) is 5.69 Å². The molecule has 5 nitrogen and oxygen atoms in total. The second-order valence-electron chi connectivity index (χ2n) is 6.94. The Morgan fingerprint density at radius 2 is 1.94 bits per heavy atom. The molecule has 0 aromatic heterocycles. The van der Waals surface area contributed by atoms with Crippen molar-refractivity contribution in [3.8, 4) is 17.6 Å². The Labute approximate surface area is 209 Å². The number of halogens is 2. The first-order valence-corrected chi connectivity index (χ1v) is 11.5. The summed E-state index contributed by atoms with van der Waals surface area (Å²) in [5.74, 6) is 0.561. The molecule has 0 spiro atoms. The number of carbonyl (C=O) groups excluding carboxylic acids is 1. The van der Waals surface area contributed by atoms with Crippen molar-refractivity contribution in [2.75, 3.05) is 12.4 Å². The van der Waals surface area contributed by atoms with E-state index in [2.05, 4.69) is 43.8 Å². The predicted molar refractivity (Wildman–Crippen MR) is 138 cm³/mol. The number of anilines is 1. The molecule has 1 amide bonds. The van der Waals surface area contributed by atoms with Crippen molar-refractivity contribution in [1.29, 1.82) is 5.26 Å². The van der Waals surface area contributed by atoms with Gasteiger partial charge >= 0.3 is 0 Å². The van der Waals surface area contributed by atoms with Crippen molar-refractivity contribution in [3.05, 3.63) is 91.0 Å². The molecule has 0 atom stereocenters. The maximum atomic E-state index is 12.6. The summed E-state index contributed by atoms with van der Waals surface area (Å²) in [6.45, 7) is 2.31. The minimum absolute atomic E-state index is 0.0204. The van der Waals surface area contributed by atoms with E-state index in [1.807, 2.05) is 55.5 Å². The van der Waals surface area contributed by atoms with Crippen LogP contribution in [0.25, 0.3) is 6.08 Å². The Morgan fingerprint density at radius 1 is 1.19 bits per heavy atom. The molecule has 0 saturated carbocycles. The van der Waals surface area contributed by atoms with Gasteiger partial charge in [-0.15, -0.1) is 0 Å². The second-order valence-corrected chi connectivity index (χ2v) is 9.04. The van der Waals surface area contributed by atoms with E-state index in [-0.39, 0.29) is 5.57 Å². The van der Waals surface area contributed by atoms with Gasteiger partial charge in [-0.05, 0) is 105 Å². The molecule has 7 heteroatoms. The van der Waals surface area contributed by atoms with Crippen molar-refractivity contribution in [3.63, 3.8) is 0 Å². The molecule has 1 N–H and O–H groups in total. The van der Waals surface area contributed by atoms with Crippen molar-refractivity contribution in [1.82, 2.24) is 0 Å². The van der Waals surface area contributed by atoms with E-state index in [0.29, 0.717) is 33.8 Å². The molecule has 3 aromatic rings. The third-order valence-corrected chi connectivity index (χ3v) is 5.81. The molecule has 0 radical (unpaired) electrons. The van der Waals surface area contributed by atoms with Gasteiger partial charge in [0.1, 0.15) is 18.2 Å². The number of nitriles is 1. The molecule has 0 aliphatic carbocycles. The van der Waals surface area contributed by atoms with Crippen LogP contribution in [0.3, 0.4) is 0 Å². The number of nitrogens with zero attached hydrogens (tertiary/aromatic N) is 1. The highest BCUT2D eigenvalue weighted by Crippen LogP contribution is 2.37. The highest BCUT2D eigenvalue weighted by molar-refractivity contribution is 14.1. The van der Waals surface area contributed by atoms with Crippen molar-refractivity contribution in [2.24, 2.45) is 0 Å². The van der Waals surface area contributed by atoms with Crippen molar-refractivity contribution >= 4 is 56.2 Å². The fourth-order valence-corrected chi connectivity index (χ4v) is 3.87. The largest absolute Gasteiger partial charge is 0.493 e. The van der Waals surface area contributed by atoms with Gasteiger partial charge in [-0.1, -0.05) is 24.3 Å². The van der Waals surface area contributed by atoms with E-state index in [1.54, 1.807) is 25.3 Å². The van der Waals surface area contributed by atoms with E-state index in [9.17, 15) is 10.1 Å². The zero-order chi connectivity index (χ0) is 23.1. The SMILES string of the molecule is COc1cc(/C=C(/C#N)C(=O)Nc2cccc(C)c2)cc(Br)c1OCc1ccc(I)cc1. The van der Waals surface area contributed by atoms with Crippen molar-refractivity contribution < 1.29 is 14.3 Å². The summed E-state index contributed by atoms with van der Waals surface area (Å²) < 4.78 is 13.3. The number of amides is 1. The number of hydrogen-bond donors (Lipinski definition) is 1. The Kier molecular flexibility index (Phi) is 8.31. The van der Waals surface area contributed by atoms with E-state index in [1.165, 1.54) is 6.08 Å². The fourth-order valence-electron chi connectivity index (χ4n) is 2.94. The van der Waals surface area contributed by atoms with Gasteiger partial charge in [0.25, 0.3) is 5.91 Å². The van der Waals surface area contributed by atoms with E-state index in [0.717, 1.165) is 14.7 Å². The molecule has 0 aliphatic rings.